The van der Waals surface area contributed by atoms with Gasteiger partial charge in [0.1, 0.15) is 24.9 Å². The summed E-state index contributed by atoms with van der Waals surface area (Å²) in [5.41, 5.74) is 1.03. The monoisotopic (exact) mass is 532 g/mol. The molecule has 38 heavy (non-hydrogen) atoms. The van der Waals surface area contributed by atoms with Gasteiger partial charge < -0.3 is 34.3 Å². The first-order chi connectivity index (χ1) is 18.0. The number of hydrogen-bond acceptors (Lipinski definition) is 8. The van der Waals surface area contributed by atoms with Crippen LogP contribution in [0.4, 0.5) is 0 Å². The summed E-state index contributed by atoms with van der Waals surface area (Å²) >= 11 is 0. The van der Waals surface area contributed by atoms with Gasteiger partial charge in [-0.05, 0) is 87.0 Å². The Hall–Kier alpha value is -1.29. The molecule has 0 aromatic rings. The van der Waals surface area contributed by atoms with Gasteiger partial charge in [0.05, 0.1) is 17.8 Å². The zero-order valence-corrected chi connectivity index (χ0v) is 23.1. The zero-order valence-electron chi connectivity index (χ0n) is 23.1. The van der Waals surface area contributed by atoms with E-state index in [4.69, 9.17) is 18.9 Å². The minimum absolute atomic E-state index is 0.0206. The number of hydrogen-bond donors (Lipinski definition) is 3. The molecule has 2 heterocycles. The maximum atomic E-state index is 12.4. The third-order valence-corrected chi connectivity index (χ3v) is 11.8. The van der Waals surface area contributed by atoms with E-state index in [2.05, 4.69) is 19.9 Å². The highest BCUT2D eigenvalue weighted by molar-refractivity contribution is 5.86. The Kier molecular flexibility index (Phi) is 6.64. The second-order valence-corrected chi connectivity index (χ2v) is 13.3. The van der Waals surface area contributed by atoms with Crippen LogP contribution in [0.1, 0.15) is 72.1 Å². The molecular formula is C30H44O8. The molecule has 3 saturated carbocycles. The summed E-state index contributed by atoms with van der Waals surface area (Å²) in [6.07, 6.45) is 7.23. The molecule has 0 spiro atoms. The number of methoxy groups -OCH3 is 1. The summed E-state index contributed by atoms with van der Waals surface area (Å²) in [5, 5.41) is 33.4. The average Bonchev–Trinajstić information content (AvgIpc) is 3.43. The van der Waals surface area contributed by atoms with E-state index in [0.717, 1.165) is 56.1 Å². The summed E-state index contributed by atoms with van der Waals surface area (Å²) in [4.78, 5) is 11.8. The van der Waals surface area contributed by atoms with Crippen molar-refractivity contribution in [2.24, 2.45) is 28.6 Å². The van der Waals surface area contributed by atoms with Crippen LogP contribution in [0.15, 0.2) is 23.3 Å². The van der Waals surface area contributed by atoms with Crippen LogP contribution >= 0.6 is 0 Å². The summed E-state index contributed by atoms with van der Waals surface area (Å²) < 4.78 is 22.8. The van der Waals surface area contributed by atoms with Crippen molar-refractivity contribution in [2.45, 2.75) is 115 Å². The zero-order chi connectivity index (χ0) is 27.0. The summed E-state index contributed by atoms with van der Waals surface area (Å²) in [6.45, 7) is 6.72. The Morgan fingerprint density at radius 2 is 1.84 bits per heavy atom. The van der Waals surface area contributed by atoms with E-state index in [9.17, 15) is 20.1 Å². The lowest BCUT2D eigenvalue weighted by Gasteiger charge is -2.63. The quantitative estimate of drug-likeness (QED) is 0.374. The van der Waals surface area contributed by atoms with E-state index in [1.54, 1.807) is 13.0 Å². The van der Waals surface area contributed by atoms with Crippen LogP contribution in [-0.4, -0.2) is 77.4 Å². The van der Waals surface area contributed by atoms with Gasteiger partial charge in [0, 0.05) is 24.2 Å². The molecule has 0 aromatic heterocycles. The molecule has 1 saturated heterocycles. The number of cyclic esters (lactones) is 1. The fraction of sp³-hybridized carbons (Fsp3) is 0.833. The summed E-state index contributed by atoms with van der Waals surface area (Å²) in [6, 6.07) is 0. The van der Waals surface area contributed by atoms with Gasteiger partial charge in [-0.25, -0.2) is 4.79 Å². The maximum absolute atomic E-state index is 12.4. The smallest absolute Gasteiger partial charge is 0.331 e. The SMILES string of the molecule is CO[C@H]1[C@@H](O)[C@@H](C)O[C@@H](O[C@H]2CC[C@@]3(C)[C@H](CC[C@@H]4[C@@H]3CC[C@]3(C)C(C5=CC(=O)OC5)=CC[C@]43O)C2)[C@@H]1O. The standard InChI is InChI=1S/C30H44O8/c1-16-24(32)26(35-4)25(33)27(37-16)38-19-7-10-28(2)18(14-19)5-6-22-21(28)8-11-29(3)20(9-12-30(22,29)34)17-13-23(31)36-15-17/h9,13,16,18-19,21-22,24-27,32-34H,5-8,10-12,14-15H2,1-4H3/t16-,18-,19+,21+,22-,24+,25-,26+,27+,28+,29-,30+/m1/s1. The second kappa shape index (κ2) is 9.38. The van der Waals surface area contributed by atoms with Crippen molar-refractivity contribution >= 4 is 5.97 Å². The Bertz CT molecular complexity index is 1020. The molecule has 3 N–H and O–H groups in total. The molecule has 6 rings (SSSR count). The van der Waals surface area contributed by atoms with E-state index >= 15 is 0 Å². The molecule has 0 bridgehead atoms. The Morgan fingerprint density at radius 3 is 2.55 bits per heavy atom. The number of carbonyl (C=O) groups excluding carboxylic acids is 1. The molecule has 0 unspecified atom stereocenters. The lowest BCUT2D eigenvalue weighted by atomic mass is 9.43. The van der Waals surface area contributed by atoms with Gasteiger partial charge in [-0.3, -0.25) is 0 Å². The summed E-state index contributed by atoms with van der Waals surface area (Å²) in [5.74, 6) is 0.860. The molecule has 12 atom stereocenters. The fourth-order valence-electron chi connectivity index (χ4n) is 9.47. The van der Waals surface area contributed by atoms with Crippen LogP contribution in [0.5, 0.6) is 0 Å². The van der Waals surface area contributed by atoms with Gasteiger partial charge in [0.25, 0.3) is 0 Å². The highest BCUT2D eigenvalue weighted by atomic mass is 16.7. The molecule has 8 nitrogen and oxygen atoms in total. The number of carbonyl (C=O) groups is 1. The van der Waals surface area contributed by atoms with E-state index in [1.807, 2.05) is 0 Å². The molecule has 212 valence electrons. The first kappa shape index (κ1) is 26.9. The topological polar surface area (TPSA) is 115 Å². The van der Waals surface area contributed by atoms with E-state index in [-0.39, 0.29) is 28.8 Å². The maximum Gasteiger partial charge on any atom is 0.331 e. The van der Waals surface area contributed by atoms with Crippen LogP contribution in [-0.2, 0) is 23.7 Å². The molecule has 4 aliphatic carbocycles. The lowest BCUT2D eigenvalue weighted by molar-refractivity contribution is -0.313. The molecule has 0 amide bonds. The van der Waals surface area contributed by atoms with E-state index < -0.39 is 36.3 Å². The van der Waals surface area contributed by atoms with Crippen molar-refractivity contribution in [3.05, 3.63) is 23.3 Å². The molecule has 0 radical (unpaired) electrons. The molecule has 2 aliphatic heterocycles. The van der Waals surface area contributed by atoms with Crippen LogP contribution in [0.25, 0.3) is 0 Å². The number of esters is 1. The molecular weight excluding hydrogens is 488 g/mol. The Labute approximate surface area is 225 Å². The van der Waals surface area contributed by atoms with Crippen LogP contribution in [0.3, 0.4) is 0 Å². The minimum Gasteiger partial charge on any atom is -0.458 e. The first-order valence-electron chi connectivity index (χ1n) is 14.5. The first-order valence-corrected chi connectivity index (χ1v) is 14.5. The highest BCUT2D eigenvalue weighted by Gasteiger charge is 2.66. The van der Waals surface area contributed by atoms with E-state index in [1.165, 1.54) is 7.11 Å². The van der Waals surface area contributed by atoms with Crippen molar-refractivity contribution in [3.8, 4) is 0 Å². The number of aliphatic hydroxyl groups excluding tert-OH is 2. The third-order valence-electron chi connectivity index (χ3n) is 11.8. The number of rotatable bonds is 4. The van der Waals surface area contributed by atoms with Crippen molar-refractivity contribution in [3.63, 3.8) is 0 Å². The fourth-order valence-corrected chi connectivity index (χ4v) is 9.47. The normalized spacial score (nSPS) is 52.4. The lowest BCUT2D eigenvalue weighted by Crippen LogP contribution is -2.62. The minimum atomic E-state index is -1.04. The molecule has 4 fully saturated rings. The molecule has 6 aliphatic rings. The average molecular weight is 533 g/mol. The predicted molar refractivity (Wildman–Crippen MR) is 138 cm³/mol. The van der Waals surface area contributed by atoms with Gasteiger partial charge in [0.2, 0.25) is 0 Å². The third kappa shape index (κ3) is 3.81. The van der Waals surface area contributed by atoms with Gasteiger partial charge in [-0.2, -0.15) is 0 Å². The van der Waals surface area contributed by atoms with Crippen molar-refractivity contribution < 1.29 is 39.1 Å². The van der Waals surface area contributed by atoms with Gasteiger partial charge in [-0.15, -0.1) is 0 Å². The number of aliphatic hydroxyl groups is 3. The molecule has 8 heteroatoms. The van der Waals surface area contributed by atoms with Crippen molar-refractivity contribution in [2.75, 3.05) is 13.7 Å². The van der Waals surface area contributed by atoms with Crippen LogP contribution < -0.4 is 0 Å². The summed E-state index contributed by atoms with van der Waals surface area (Å²) in [7, 11) is 1.49. The van der Waals surface area contributed by atoms with Crippen LogP contribution in [0.2, 0.25) is 0 Å². The largest absolute Gasteiger partial charge is 0.458 e. The second-order valence-electron chi connectivity index (χ2n) is 13.3. The van der Waals surface area contributed by atoms with Gasteiger partial charge >= 0.3 is 5.97 Å². The predicted octanol–water partition coefficient (Wildman–Crippen LogP) is 3.03. The molecule has 0 aromatic carbocycles. The Balaban J connectivity index is 1.16. The van der Waals surface area contributed by atoms with E-state index in [0.29, 0.717) is 24.9 Å². The van der Waals surface area contributed by atoms with Gasteiger partial charge in [-0.1, -0.05) is 19.9 Å². The number of ether oxygens (including phenoxy) is 4. The van der Waals surface area contributed by atoms with Gasteiger partial charge in [0.15, 0.2) is 6.29 Å². The number of fused-ring (bicyclic) bond motifs is 5. The Morgan fingerprint density at radius 1 is 1.05 bits per heavy atom. The van der Waals surface area contributed by atoms with Crippen LogP contribution in [0, 0.1) is 28.6 Å². The highest BCUT2D eigenvalue weighted by Crippen LogP contribution is 2.68. The van der Waals surface area contributed by atoms with Crippen molar-refractivity contribution in [1.82, 2.24) is 0 Å². The van der Waals surface area contributed by atoms with Crippen molar-refractivity contribution in [1.29, 1.82) is 0 Å².